The summed E-state index contributed by atoms with van der Waals surface area (Å²) >= 11 is 0. The van der Waals surface area contributed by atoms with Gasteiger partial charge < -0.3 is 0 Å². The summed E-state index contributed by atoms with van der Waals surface area (Å²) < 4.78 is 17.8. The molecule has 2 aromatic heterocycles. The van der Waals surface area contributed by atoms with Gasteiger partial charge in [-0.05, 0) is 38.0 Å². The highest BCUT2D eigenvalue weighted by atomic mass is 19.1. The Hall–Kier alpha value is -3.23. The third kappa shape index (κ3) is 2.97. The summed E-state index contributed by atoms with van der Waals surface area (Å²) in [7, 11) is 1.62. The first-order valence-electron chi connectivity index (χ1n) is 9.62. The van der Waals surface area contributed by atoms with E-state index in [-0.39, 0.29) is 23.1 Å². The molecular formula is C20H23FN6O2. The smallest absolute Gasteiger partial charge is 0.294 e. The maximum Gasteiger partial charge on any atom is 0.332 e. The monoisotopic (exact) mass is 398 g/mol. The number of imidazole rings is 1. The Bertz CT molecular complexity index is 1240. The van der Waals surface area contributed by atoms with Crippen LogP contribution in [-0.4, -0.2) is 24.4 Å². The zero-order valence-corrected chi connectivity index (χ0v) is 16.9. The fraction of sp³-hybridized carbons (Fsp3) is 0.400. The molecule has 0 amide bonds. The predicted octanol–water partition coefficient (Wildman–Crippen LogP) is 2.40. The average Bonchev–Trinajstić information content (AvgIpc) is 3.10. The van der Waals surface area contributed by atoms with Crippen molar-refractivity contribution in [3.63, 3.8) is 0 Å². The third-order valence-electron chi connectivity index (χ3n) is 5.35. The summed E-state index contributed by atoms with van der Waals surface area (Å²) in [5, 5.41) is 6.33. The van der Waals surface area contributed by atoms with E-state index in [1.165, 1.54) is 21.3 Å². The van der Waals surface area contributed by atoms with Crippen LogP contribution in [0.4, 0.5) is 10.3 Å². The quantitative estimate of drug-likeness (QED) is 0.676. The van der Waals surface area contributed by atoms with Crippen molar-refractivity contribution in [3.05, 3.63) is 56.5 Å². The van der Waals surface area contributed by atoms with Crippen LogP contribution in [-0.2, 0) is 20.1 Å². The molecule has 0 saturated heterocycles. The standard InChI is InChI=1S/C20H23FN6O2/c1-5-10-25-18(28)16-17(24(4)20(25)29)22-19-26(23-12(2)13(3)27(16)19)11-14-6-8-15(21)9-7-14/h6-9,13H,5,10-11H2,1-4H3/t13-/m1/s1. The summed E-state index contributed by atoms with van der Waals surface area (Å²) in [5.74, 6) is 0.184. The molecule has 1 aliphatic heterocycles. The lowest BCUT2D eigenvalue weighted by molar-refractivity contribution is 0.586. The van der Waals surface area contributed by atoms with Gasteiger partial charge in [0.25, 0.3) is 5.56 Å². The third-order valence-corrected chi connectivity index (χ3v) is 5.35. The number of rotatable bonds is 4. The predicted molar refractivity (Wildman–Crippen MR) is 110 cm³/mol. The van der Waals surface area contributed by atoms with E-state index in [1.807, 2.05) is 25.3 Å². The van der Waals surface area contributed by atoms with Gasteiger partial charge in [-0.2, -0.15) is 10.1 Å². The SMILES string of the molecule is CCCn1c(=O)c2c(nc3n2[C@H](C)C(C)=NN3Cc2ccc(F)cc2)n(C)c1=O. The van der Waals surface area contributed by atoms with Crippen molar-refractivity contribution in [1.82, 2.24) is 18.7 Å². The second-order valence-electron chi connectivity index (χ2n) is 7.35. The highest BCUT2D eigenvalue weighted by Gasteiger charge is 2.30. The maximum absolute atomic E-state index is 13.3. The summed E-state index contributed by atoms with van der Waals surface area (Å²) in [5.41, 5.74) is 1.68. The van der Waals surface area contributed by atoms with Gasteiger partial charge in [-0.3, -0.25) is 18.5 Å². The first-order chi connectivity index (χ1) is 13.8. The normalized spacial score (nSPS) is 16.2. The van der Waals surface area contributed by atoms with Crippen LogP contribution in [0.3, 0.4) is 0 Å². The van der Waals surface area contributed by atoms with Crippen molar-refractivity contribution in [2.75, 3.05) is 5.01 Å². The number of anilines is 1. The number of halogens is 1. The summed E-state index contributed by atoms with van der Waals surface area (Å²) in [6.07, 6.45) is 0.675. The Labute approximate surface area is 166 Å². The molecule has 0 unspecified atom stereocenters. The molecule has 8 nitrogen and oxygen atoms in total. The van der Waals surface area contributed by atoms with Crippen molar-refractivity contribution >= 4 is 22.8 Å². The van der Waals surface area contributed by atoms with Crippen LogP contribution in [0.25, 0.3) is 11.2 Å². The van der Waals surface area contributed by atoms with Crippen LogP contribution in [0.5, 0.6) is 0 Å². The van der Waals surface area contributed by atoms with Crippen LogP contribution in [0, 0.1) is 5.82 Å². The van der Waals surface area contributed by atoms with Gasteiger partial charge in [-0.15, -0.1) is 0 Å². The zero-order chi connectivity index (χ0) is 20.9. The molecule has 3 heterocycles. The fourth-order valence-corrected chi connectivity index (χ4v) is 3.67. The summed E-state index contributed by atoms with van der Waals surface area (Å²) in [4.78, 5) is 30.4. The minimum absolute atomic E-state index is 0.181. The molecule has 1 aliphatic rings. The molecular weight excluding hydrogens is 375 g/mol. The molecule has 0 saturated carbocycles. The van der Waals surface area contributed by atoms with Crippen LogP contribution in [0.1, 0.15) is 38.8 Å². The van der Waals surface area contributed by atoms with E-state index < -0.39 is 0 Å². The van der Waals surface area contributed by atoms with Crippen LogP contribution >= 0.6 is 0 Å². The Morgan fingerprint density at radius 3 is 2.52 bits per heavy atom. The largest absolute Gasteiger partial charge is 0.332 e. The lowest BCUT2D eigenvalue weighted by atomic mass is 10.2. The summed E-state index contributed by atoms with van der Waals surface area (Å²) in [6, 6.07) is 5.99. The molecule has 0 aliphatic carbocycles. The molecule has 0 bridgehead atoms. The Morgan fingerprint density at radius 1 is 1.17 bits per heavy atom. The summed E-state index contributed by atoms with van der Waals surface area (Å²) in [6.45, 7) is 6.48. The number of aromatic nitrogens is 4. The highest BCUT2D eigenvalue weighted by Crippen LogP contribution is 2.30. The lowest BCUT2D eigenvalue weighted by Crippen LogP contribution is -2.40. The van der Waals surface area contributed by atoms with E-state index in [0.29, 0.717) is 36.6 Å². The highest BCUT2D eigenvalue weighted by molar-refractivity contribution is 5.91. The van der Waals surface area contributed by atoms with Crippen molar-refractivity contribution in [2.24, 2.45) is 12.1 Å². The Kier molecular flexibility index (Phi) is 4.60. The molecule has 0 N–H and O–H groups in total. The molecule has 3 aromatic rings. The molecule has 29 heavy (non-hydrogen) atoms. The topological polar surface area (TPSA) is 77.4 Å². The molecule has 4 rings (SSSR count). The van der Waals surface area contributed by atoms with Gasteiger partial charge in [0.15, 0.2) is 11.2 Å². The number of hydrazone groups is 1. The molecule has 152 valence electrons. The number of hydrogen-bond acceptors (Lipinski definition) is 5. The van der Waals surface area contributed by atoms with Crippen molar-refractivity contribution in [2.45, 2.75) is 46.3 Å². The minimum Gasteiger partial charge on any atom is -0.294 e. The number of nitrogens with zero attached hydrogens (tertiary/aromatic N) is 6. The van der Waals surface area contributed by atoms with E-state index >= 15 is 0 Å². The molecule has 1 aromatic carbocycles. The van der Waals surface area contributed by atoms with E-state index in [4.69, 9.17) is 0 Å². The van der Waals surface area contributed by atoms with Crippen LogP contribution < -0.4 is 16.3 Å². The first-order valence-corrected chi connectivity index (χ1v) is 9.62. The van der Waals surface area contributed by atoms with Crippen molar-refractivity contribution < 1.29 is 4.39 Å². The molecule has 1 atom stereocenters. The van der Waals surface area contributed by atoms with E-state index in [0.717, 1.165) is 11.3 Å². The van der Waals surface area contributed by atoms with Gasteiger partial charge in [0.2, 0.25) is 5.95 Å². The van der Waals surface area contributed by atoms with Gasteiger partial charge in [-0.25, -0.2) is 14.2 Å². The second-order valence-corrected chi connectivity index (χ2v) is 7.35. The lowest BCUT2D eigenvalue weighted by Gasteiger charge is -2.29. The molecule has 0 fully saturated rings. The van der Waals surface area contributed by atoms with Crippen molar-refractivity contribution in [3.8, 4) is 0 Å². The van der Waals surface area contributed by atoms with E-state index in [2.05, 4.69) is 10.1 Å². The van der Waals surface area contributed by atoms with E-state index in [1.54, 1.807) is 24.2 Å². The number of benzene rings is 1. The Morgan fingerprint density at radius 2 is 1.86 bits per heavy atom. The number of hydrogen-bond donors (Lipinski definition) is 0. The zero-order valence-electron chi connectivity index (χ0n) is 16.9. The fourth-order valence-electron chi connectivity index (χ4n) is 3.67. The average molecular weight is 398 g/mol. The molecule has 0 radical (unpaired) electrons. The van der Waals surface area contributed by atoms with Crippen molar-refractivity contribution in [1.29, 1.82) is 0 Å². The minimum atomic E-state index is -0.379. The van der Waals surface area contributed by atoms with Crippen LogP contribution in [0.15, 0.2) is 39.0 Å². The van der Waals surface area contributed by atoms with Gasteiger partial charge in [-0.1, -0.05) is 19.1 Å². The first kappa shape index (κ1) is 19.1. The van der Waals surface area contributed by atoms with Gasteiger partial charge in [0, 0.05) is 13.6 Å². The Balaban J connectivity index is 1.94. The maximum atomic E-state index is 13.3. The number of fused-ring (bicyclic) bond motifs is 3. The van der Waals surface area contributed by atoms with Gasteiger partial charge >= 0.3 is 5.69 Å². The number of aryl methyl sites for hydroxylation is 1. The van der Waals surface area contributed by atoms with E-state index in [9.17, 15) is 14.0 Å². The second kappa shape index (κ2) is 6.98. The molecule has 9 heteroatoms. The molecule has 0 spiro atoms. The van der Waals surface area contributed by atoms with Crippen LogP contribution in [0.2, 0.25) is 0 Å². The van der Waals surface area contributed by atoms with Gasteiger partial charge in [0.1, 0.15) is 5.82 Å². The van der Waals surface area contributed by atoms with Gasteiger partial charge in [0.05, 0.1) is 18.3 Å².